The molecule has 3 heteroatoms. The average molecular weight is 149 g/mol. The first-order valence-electron chi connectivity index (χ1n) is 2.89. The molecule has 0 aliphatic carbocycles. The van der Waals surface area contributed by atoms with E-state index < -0.39 is 0 Å². The van der Waals surface area contributed by atoms with Crippen LogP contribution >= 0.6 is 0 Å². The van der Waals surface area contributed by atoms with Gasteiger partial charge in [0, 0.05) is 12.1 Å². The van der Waals surface area contributed by atoms with Gasteiger partial charge in [-0.25, -0.2) is 0 Å². The molecule has 0 rings (SSSR count). The van der Waals surface area contributed by atoms with Gasteiger partial charge in [-0.05, 0) is 0 Å². The van der Waals surface area contributed by atoms with Gasteiger partial charge in [0.1, 0.15) is 0 Å². The van der Waals surface area contributed by atoms with Crippen molar-refractivity contribution in [2.75, 3.05) is 0 Å². The van der Waals surface area contributed by atoms with Crippen LogP contribution in [0.5, 0.6) is 0 Å². The van der Waals surface area contributed by atoms with Crippen molar-refractivity contribution < 1.29 is 0 Å². The summed E-state index contributed by atoms with van der Waals surface area (Å²) < 4.78 is 0. The second-order valence-corrected chi connectivity index (χ2v) is 2.48. The van der Waals surface area contributed by atoms with Crippen LogP contribution in [0, 0.1) is 0 Å². The zero-order valence-corrected chi connectivity index (χ0v) is 5.65. The predicted octanol–water partition coefficient (Wildman–Crippen LogP) is 0.0958. The molecule has 0 aromatic rings. The van der Waals surface area contributed by atoms with Gasteiger partial charge in [0.05, 0.1) is 0 Å². The van der Waals surface area contributed by atoms with Crippen molar-refractivity contribution in [2.45, 2.75) is 39.8 Å². The summed E-state index contributed by atoms with van der Waals surface area (Å²) in [4.78, 5) is 0. The van der Waals surface area contributed by atoms with Gasteiger partial charge >= 0.3 is 70.2 Å². The SMILES string of the molecule is CC(C)NC(C)C.[KH].[LiH]. The zero-order chi connectivity index (χ0) is 5.86. The quantitative estimate of drug-likeness (QED) is 0.549. The Balaban J connectivity index is -0.000000180. The molecule has 0 radical (unpaired) electrons. The standard InChI is InChI=1S/C6H15N.K.Li.2H/c1-5(2)7-6(3)4;;;;/h5-7H,1-4H3;;;;. The summed E-state index contributed by atoms with van der Waals surface area (Å²) in [6.45, 7) is 8.61. The first-order valence-corrected chi connectivity index (χ1v) is 2.89. The Morgan fingerprint density at radius 2 is 1.11 bits per heavy atom. The van der Waals surface area contributed by atoms with Crippen molar-refractivity contribution in [3.63, 3.8) is 0 Å². The summed E-state index contributed by atoms with van der Waals surface area (Å²) in [6, 6.07) is 1.25. The third-order valence-corrected chi connectivity index (χ3v) is 0.667. The zero-order valence-electron chi connectivity index (χ0n) is 5.65. The van der Waals surface area contributed by atoms with Crippen LogP contribution in [0.15, 0.2) is 0 Å². The van der Waals surface area contributed by atoms with Gasteiger partial charge in [0.15, 0.2) is 0 Å². The van der Waals surface area contributed by atoms with Crippen molar-refractivity contribution in [3.8, 4) is 0 Å². The fourth-order valence-electron chi connectivity index (χ4n) is 0.667. The van der Waals surface area contributed by atoms with E-state index in [0.717, 1.165) is 0 Å². The van der Waals surface area contributed by atoms with E-state index in [1.807, 2.05) is 0 Å². The van der Waals surface area contributed by atoms with Gasteiger partial charge < -0.3 is 5.32 Å². The molecule has 0 aliphatic heterocycles. The molecule has 0 amide bonds. The van der Waals surface area contributed by atoms with Crippen molar-refractivity contribution in [3.05, 3.63) is 0 Å². The van der Waals surface area contributed by atoms with Crippen molar-refractivity contribution >= 4 is 70.2 Å². The Morgan fingerprint density at radius 1 is 0.889 bits per heavy atom. The molecule has 1 N–H and O–H groups in total. The fourth-order valence-corrected chi connectivity index (χ4v) is 0.667. The summed E-state index contributed by atoms with van der Waals surface area (Å²) in [5.41, 5.74) is 0. The maximum atomic E-state index is 3.31. The van der Waals surface area contributed by atoms with Gasteiger partial charge in [-0.3, -0.25) is 0 Å². The molecular formula is C6H17KLiN. The molecule has 9 heavy (non-hydrogen) atoms. The predicted molar refractivity (Wildman–Crippen MR) is 47.7 cm³/mol. The maximum absolute atomic E-state index is 3.31. The first-order chi connectivity index (χ1) is 3.13. The van der Waals surface area contributed by atoms with Crippen LogP contribution in [0.3, 0.4) is 0 Å². The molecule has 1 nitrogen and oxygen atoms in total. The summed E-state index contributed by atoms with van der Waals surface area (Å²) in [5, 5.41) is 3.31. The topological polar surface area (TPSA) is 12.0 Å². The summed E-state index contributed by atoms with van der Waals surface area (Å²) in [5.74, 6) is 0. The van der Waals surface area contributed by atoms with E-state index in [1.165, 1.54) is 0 Å². The number of hydrogen-bond acceptors (Lipinski definition) is 1. The monoisotopic (exact) mass is 149 g/mol. The van der Waals surface area contributed by atoms with E-state index >= 15 is 0 Å². The van der Waals surface area contributed by atoms with Gasteiger partial charge in [-0.15, -0.1) is 0 Å². The van der Waals surface area contributed by atoms with Gasteiger partial charge in [-0.1, -0.05) is 27.7 Å². The molecule has 0 aromatic heterocycles. The molecule has 0 saturated heterocycles. The molecule has 0 atom stereocenters. The molecule has 0 spiro atoms. The Kier molecular flexibility index (Phi) is 19.6. The van der Waals surface area contributed by atoms with Crippen LogP contribution in [-0.2, 0) is 0 Å². The van der Waals surface area contributed by atoms with Gasteiger partial charge in [-0.2, -0.15) is 0 Å². The normalized spacial score (nSPS) is 8.67. The summed E-state index contributed by atoms with van der Waals surface area (Å²) in [6.07, 6.45) is 0. The van der Waals surface area contributed by atoms with Crippen molar-refractivity contribution in [2.24, 2.45) is 0 Å². The Morgan fingerprint density at radius 3 is 1.11 bits per heavy atom. The number of rotatable bonds is 2. The second-order valence-electron chi connectivity index (χ2n) is 2.48. The van der Waals surface area contributed by atoms with Crippen LogP contribution in [0.2, 0.25) is 0 Å². The summed E-state index contributed by atoms with van der Waals surface area (Å²) in [7, 11) is 0. The fraction of sp³-hybridized carbons (Fsp3) is 1.00. The van der Waals surface area contributed by atoms with E-state index in [4.69, 9.17) is 0 Å². The third kappa shape index (κ3) is 17.8. The van der Waals surface area contributed by atoms with Crippen LogP contribution < -0.4 is 5.32 Å². The molecule has 0 saturated carbocycles. The van der Waals surface area contributed by atoms with Crippen molar-refractivity contribution in [1.29, 1.82) is 0 Å². The summed E-state index contributed by atoms with van der Waals surface area (Å²) >= 11 is 0. The number of nitrogens with one attached hydrogen (secondary N) is 1. The molecular weight excluding hydrogens is 132 g/mol. The molecule has 0 bridgehead atoms. The Hall–Kier alpha value is 2.19. The molecule has 0 unspecified atom stereocenters. The molecule has 48 valence electrons. The van der Waals surface area contributed by atoms with Crippen LogP contribution in [0.25, 0.3) is 0 Å². The van der Waals surface area contributed by atoms with Crippen molar-refractivity contribution in [1.82, 2.24) is 5.32 Å². The average Bonchev–Trinajstić information content (AvgIpc) is 1.27. The molecule has 0 aromatic carbocycles. The van der Waals surface area contributed by atoms with Crippen LogP contribution in [-0.4, -0.2) is 82.3 Å². The molecule has 0 aliphatic rings. The van der Waals surface area contributed by atoms with E-state index in [0.29, 0.717) is 12.1 Å². The van der Waals surface area contributed by atoms with Crippen LogP contribution in [0.4, 0.5) is 0 Å². The third-order valence-electron chi connectivity index (χ3n) is 0.667. The molecule has 0 fully saturated rings. The van der Waals surface area contributed by atoms with E-state index in [-0.39, 0.29) is 70.2 Å². The molecule has 0 heterocycles. The minimum atomic E-state index is 0. The van der Waals surface area contributed by atoms with E-state index in [1.54, 1.807) is 0 Å². The van der Waals surface area contributed by atoms with Gasteiger partial charge in [0.25, 0.3) is 0 Å². The van der Waals surface area contributed by atoms with E-state index in [9.17, 15) is 0 Å². The van der Waals surface area contributed by atoms with E-state index in [2.05, 4.69) is 33.0 Å². The Labute approximate surface area is 113 Å². The first kappa shape index (κ1) is 17.3. The minimum absolute atomic E-state index is 0. The number of hydrogen-bond donors (Lipinski definition) is 1. The van der Waals surface area contributed by atoms with Crippen LogP contribution in [0.1, 0.15) is 27.7 Å². The second kappa shape index (κ2) is 10.2. The van der Waals surface area contributed by atoms with Gasteiger partial charge in [0.2, 0.25) is 0 Å². The Bertz CT molecular complexity index is 42.3.